The number of carbonyl (C=O) groups excluding carboxylic acids is 2. The van der Waals surface area contributed by atoms with Crippen molar-refractivity contribution >= 4 is 11.9 Å². The van der Waals surface area contributed by atoms with E-state index in [1.54, 1.807) is 6.07 Å². The number of aliphatic hydroxyl groups is 2. The molecule has 0 aliphatic heterocycles. The van der Waals surface area contributed by atoms with Crippen LogP contribution in [0.2, 0.25) is 0 Å². The quantitative estimate of drug-likeness (QED) is 0.261. The van der Waals surface area contributed by atoms with Crippen LogP contribution in [0.25, 0.3) is 0 Å². The van der Waals surface area contributed by atoms with Crippen LogP contribution in [0.5, 0.6) is 11.5 Å². The molecule has 8 nitrogen and oxygen atoms in total. The molecule has 198 valence electrons. The fourth-order valence-electron chi connectivity index (χ4n) is 3.58. The highest BCUT2D eigenvalue weighted by molar-refractivity contribution is 5.81. The van der Waals surface area contributed by atoms with Gasteiger partial charge in [0.1, 0.15) is 44.4 Å². The molecule has 0 aromatic heterocycles. The lowest BCUT2D eigenvalue weighted by Crippen LogP contribution is -2.25. The van der Waals surface area contributed by atoms with Gasteiger partial charge in [-0.25, -0.2) is 9.59 Å². The summed E-state index contributed by atoms with van der Waals surface area (Å²) in [6, 6.07) is 17.4. The molecule has 3 atom stereocenters. The van der Waals surface area contributed by atoms with Gasteiger partial charge in [-0.1, -0.05) is 51.6 Å². The lowest BCUT2D eigenvalue weighted by molar-refractivity contribution is -0.142. The maximum atomic E-state index is 11.1. The summed E-state index contributed by atoms with van der Waals surface area (Å²) in [5.41, 5.74) is 1.63. The van der Waals surface area contributed by atoms with Gasteiger partial charge >= 0.3 is 11.9 Å². The number of rotatable bonds is 16. The molecule has 0 bridgehead atoms. The highest BCUT2D eigenvalue weighted by Crippen LogP contribution is 2.36. The third kappa shape index (κ3) is 9.30. The van der Waals surface area contributed by atoms with E-state index in [4.69, 9.17) is 18.9 Å². The third-order valence-electron chi connectivity index (χ3n) is 5.60. The Morgan fingerprint density at radius 2 is 1.46 bits per heavy atom. The van der Waals surface area contributed by atoms with Gasteiger partial charge in [0, 0.05) is 23.1 Å². The van der Waals surface area contributed by atoms with Crippen molar-refractivity contribution in [1.29, 1.82) is 0 Å². The lowest BCUT2D eigenvalue weighted by atomic mass is 9.73. The van der Waals surface area contributed by atoms with Gasteiger partial charge in [-0.05, 0) is 42.3 Å². The second-order valence-electron chi connectivity index (χ2n) is 8.57. The van der Waals surface area contributed by atoms with Gasteiger partial charge in [-0.2, -0.15) is 0 Å². The van der Waals surface area contributed by atoms with E-state index in [9.17, 15) is 19.8 Å². The van der Waals surface area contributed by atoms with Crippen LogP contribution in [0.3, 0.4) is 0 Å². The lowest BCUT2D eigenvalue weighted by Gasteiger charge is -2.29. The highest BCUT2D eigenvalue weighted by Gasteiger charge is 2.28. The van der Waals surface area contributed by atoms with Crippen molar-refractivity contribution < 1.29 is 38.7 Å². The van der Waals surface area contributed by atoms with Gasteiger partial charge in [-0.15, -0.1) is 0 Å². The van der Waals surface area contributed by atoms with Crippen molar-refractivity contribution in [3.8, 4) is 11.5 Å². The van der Waals surface area contributed by atoms with Crippen molar-refractivity contribution in [3.05, 3.63) is 85.0 Å². The first-order valence-electron chi connectivity index (χ1n) is 12.0. The van der Waals surface area contributed by atoms with Gasteiger partial charge in [0.05, 0.1) is 0 Å². The predicted octanol–water partition coefficient (Wildman–Crippen LogP) is 3.33. The number of hydrogen-bond acceptors (Lipinski definition) is 8. The van der Waals surface area contributed by atoms with Crippen LogP contribution in [0.4, 0.5) is 0 Å². The molecule has 3 unspecified atom stereocenters. The van der Waals surface area contributed by atoms with E-state index in [-0.39, 0.29) is 31.8 Å². The highest BCUT2D eigenvalue weighted by atomic mass is 16.6. The molecular formula is C29H34O8. The van der Waals surface area contributed by atoms with E-state index in [2.05, 4.69) is 39.1 Å². The summed E-state index contributed by atoms with van der Waals surface area (Å²) in [6.07, 6.45) is 1.92. The zero-order valence-corrected chi connectivity index (χ0v) is 21.3. The molecule has 0 heterocycles. The van der Waals surface area contributed by atoms with Crippen LogP contribution in [-0.4, -0.2) is 60.8 Å². The van der Waals surface area contributed by atoms with Crippen LogP contribution < -0.4 is 9.47 Å². The Hall–Kier alpha value is -3.80. The van der Waals surface area contributed by atoms with E-state index in [0.717, 1.165) is 36.1 Å². The molecule has 0 radical (unpaired) electrons. The smallest absolute Gasteiger partial charge is 0.330 e. The first kappa shape index (κ1) is 29.4. The summed E-state index contributed by atoms with van der Waals surface area (Å²) in [5.74, 6) is -0.218. The summed E-state index contributed by atoms with van der Waals surface area (Å²) in [5, 5.41) is 19.8. The number of benzene rings is 1. The number of esters is 2. The van der Waals surface area contributed by atoms with Gasteiger partial charge in [0.15, 0.2) is 5.75 Å². The Bertz CT molecular complexity index is 936. The second-order valence-corrected chi connectivity index (χ2v) is 8.57. The maximum absolute atomic E-state index is 11.1. The fourth-order valence-corrected chi connectivity index (χ4v) is 3.58. The summed E-state index contributed by atoms with van der Waals surface area (Å²) >= 11 is 0. The minimum Gasteiger partial charge on any atom is -0.491 e. The minimum atomic E-state index is -0.980. The first-order chi connectivity index (χ1) is 17.7. The van der Waals surface area contributed by atoms with E-state index >= 15 is 0 Å². The van der Waals surface area contributed by atoms with Gasteiger partial charge in [0.2, 0.25) is 0 Å². The largest absolute Gasteiger partial charge is 0.491 e. The first-order valence-corrected chi connectivity index (χ1v) is 12.0. The molecule has 0 saturated carbocycles. The summed E-state index contributed by atoms with van der Waals surface area (Å²) in [7, 11) is 0. The Morgan fingerprint density at radius 3 is 1.95 bits per heavy atom. The molecule has 0 fully saturated rings. The number of carbonyl (C=O) groups is 2. The summed E-state index contributed by atoms with van der Waals surface area (Å²) in [4.78, 5) is 22.2. The molecule has 0 spiro atoms. The van der Waals surface area contributed by atoms with E-state index in [1.807, 2.05) is 30.3 Å². The van der Waals surface area contributed by atoms with E-state index < -0.39 is 24.1 Å². The van der Waals surface area contributed by atoms with E-state index in [1.165, 1.54) is 0 Å². The molecule has 2 rings (SSSR count). The average Bonchev–Trinajstić information content (AvgIpc) is 2.92. The zero-order valence-electron chi connectivity index (χ0n) is 21.3. The zero-order chi connectivity index (χ0) is 27.3. The monoisotopic (exact) mass is 510 g/mol. The molecule has 0 saturated heterocycles. The fraction of sp³-hybridized carbons (Fsp3) is 0.379. The van der Waals surface area contributed by atoms with Crippen molar-refractivity contribution in [2.75, 3.05) is 26.4 Å². The van der Waals surface area contributed by atoms with Gasteiger partial charge < -0.3 is 29.2 Å². The van der Waals surface area contributed by atoms with Crippen molar-refractivity contribution in [2.24, 2.45) is 0 Å². The normalized spacial score (nSPS) is 13.7. The van der Waals surface area contributed by atoms with Crippen molar-refractivity contribution in [3.63, 3.8) is 0 Å². The molecule has 8 heteroatoms. The molecule has 0 amide bonds. The van der Waals surface area contributed by atoms with Crippen LogP contribution in [0.15, 0.2) is 61.7 Å². The molecule has 0 aliphatic rings. The molecule has 0 aliphatic carbocycles. The molecule has 2 aromatic carbocycles. The summed E-state index contributed by atoms with van der Waals surface area (Å²) < 4.78 is 20.8. The number of hydrogen-bond donors (Lipinski definition) is 2. The number of aliphatic hydroxyl groups excluding tert-OH is 2. The Kier molecular flexibility index (Phi) is 11.7. The van der Waals surface area contributed by atoms with Crippen molar-refractivity contribution in [2.45, 2.75) is 44.3 Å². The van der Waals surface area contributed by atoms with Crippen LogP contribution in [-0.2, 0) is 24.5 Å². The van der Waals surface area contributed by atoms with Gasteiger partial charge in [0.25, 0.3) is 0 Å². The molecular weight excluding hydrogens is 476 g/mol. The van der Waals surface area contributed by atoms with Crippen molar-refractivity contribution in [1.82, 2.24) is 0 Å². The second kappa shape index (κ2) is 14.7. The SMILES string of the molecule is C=CC(=O)OCC(O)COc1c#cc(C(C)(CCC)c2ccc(OCC(O)COC(=O)C=C)cc2)cc1. The van der Waals surface area contributed by atoms with Crippen LogP contribution in [0.1, 0.15) is 37.8 Å². The Morgan fingerprint density at radius 1 is 0.892 bits per heavy atom. The minimum absolute atomic E-state index is 0.0222. The molecule has 2 aromatic rings. The standard InChI is InChI=1S/C29H34O8/c1-5-16-29(4,21-8-12-25(13-9-21)34-17-23(30)19-36-27(32)6-2)22-10-14-26(15-11-22)35-18-24(31)20-37-28(33)7-3/h6-10,12-14,23-24,30-31H,2-3,5,16-20H2,1,4H3. The van der Waals surface area contributed by atoms with Gasteiger partial charge in [-0.3, -0.25) is 0 Å². The molecule has 37 heavy (non-hydrogen) atoms. The molecule has 2 N–H and O–H groups in total. The topological polar surface area (TPSA) is 112 Å². The van der Waals surface area contributed by atoms with Crippen LogP contribution in [0, 0.1) is 12.1 Å². The Labute approximate surface area is 218 Å². The average molecular weight is 511 g/mol. The van der Waals surface area contributed by atoms with Crippen LogP contribution >= 0.6 is 0 Å². The predicted molar refractivity (Wildman–Crippen MR) is 137 cm³/mol. The summed E-state index contributed by atoms with van der Waals surface area (Å²) in [6.45, 7) is 10.4. The third-order valence-corrected chi connectivity index (χ3v) is 5.60. The Balaban J connectivity index is 2.00. The maximum Gasteiger partial charge on any atom is 0.330 e. The number of ether oxygens (including phenoxy) is 4. The van der Waals surface area contributed by atoms with E-state index in [0.29, 0.717) is 11.5 Å².